The molecule has 0 fully saturated rings. The summed E-state index contributed by atoms with van der Waals surface area (Å²) in [7, 11) is -3.88. The predicted octanol–water partition coefficient (Wildman–Crippen LogP) is 1.81. The van der Waals surface area contributed by atoms with Gasteiger partial charge in [0.05, 0.1) is 6.07 Å². The van der Waals surface area contributed by atoms with E-state index in [0.29, 0.717) is 16.7 Å². The maximum Gasteiger partial charge on any atom is 0.201 e. The van der Waals surface area contributed by atoms with Crippen molar-refractivity contribution in [2.75, 3.05) is 5.75 Å². The summed E-state index contributed by atoms with van der Waals surface area (Å²) in [5, 5.41) is 26.9. The van der Waals surface area contributed by atoms with Crippen LogP contribution in [0.15, 0.2) is 17.0 Å². The first kappa shape index (κ1) is 14.7. The van der Waals surface area contributed by atoms with Crippen LogP contribution in [0.1, 0.15) is 16.7 Å². The van der Waals surface area contributed by atoms with Gasteiger partial charge in [-0.25, -0.2) is 8.42 Å². The number of hydrogen-bond acceptors (Lipinski definition) is 5. The van der Waals surface area contributed by atoms with Crippen molar-refractivity contribution >= 4 is 15.9 Å². The standard InChI is InChI=1S/C13H12N2O3S/c1-9-5-11(6-10(2)13(9)16)7-12(8-15)19(17,18)4-3-14/h5-7,16H,4H2,1-2H3. The summed E-state index contributed by atoms with van der Waals surface area (Å²) >= 11 is 0. The molecule has 0 aliphatic rings. The van der Waals surface area contributed by atoms with Crippen LogP contribution < -0.4 is 0 Å². The minimum Gasteiger partial charge on any atom is -0.507 e. The van der Waals surface area contributed by atoms with E-state index in [1.807, 2.05) is 0 Å². The monoisotopic (exact) mass is 276 g/mol. The zero-order chi connectivity index (χ0) is 14.6. The minimum atomic E-state index is -3.88. The third-order valence-corrected chi connectivity index (χ3v) is 3.90. The van der Waals surface area contributed by atoms with Crippen LogP contribution in [0.2, 0.25) is 0 Å². The molecule has 19 heavy (non-hydrogen) atoms. The molecule has 98 valence electrons. The Morgan fingerprint density at radius 1 is 1.32 bits per heavy atom. The molecule has 0 bridgehead atoms. The predicted molar refractivity (Wildman–Crippen MR) is 70.6 cm³/mol. The average Bonchev–Trinajstić information content (AvgIpc) is 2.32. The Morgan fingerprint density at radius 3 is 2.26 bits per heavy atom. The molecule has 0 spiro atoms. The first-order valence-electron chi connectivity index (χ1n) is 5.33. The van der Waals surface area contributed by atoms with E-state index in [1.54, 1.807) is 32.0 Å². The molecule has 0 aromatic heterocycles. The number of rotatable bonds is 3. The summed E-state index contributed by atoms with van der Waals surface area (Å²) in [6, 6.07) is 6.25. The average molecular weight is 276 g/mol. The van der Waals surface area contributed by atoms with Gasteiger partial charge in [-0.15, -0.1) is 0 Å². The lowest BCUT2D eigenvalue weighted by Gasteiger charge is -2.05. The van der Waals surface area contributed by atoms with Gasteiger partial charge in [-0.3, -0.25) is 0 Å². The summed E-state index contributed by atoms with van der Waals surface area (Å²) in [5.74, 6) is -0.599. The molecular weight excluding hydrogens is 264 g/mol. The molecule has 0 amide bonds. The molecule has 0 radical (unpaired) electrons. The van der Waals surface area contributed by atoms with Crippen LogP contribution in [-0.4, -0.2) is 19.3 Å². The van der Waals surface area contributed by atoms with E-state index in [-0.39, 0.29) is 5.75 Å². The highest BCUT2D eigenvalue weighted by molar-refractivity contribution is 7.95. The quantitative estimate of drug-likeness (QED) is 0.848. The van der Waals surface area contributed by atoms with Gasteiger partial charge >= 0.3 is 0 Å². The van der Waals surface area contributed by atoms with E-state index in [2.05, 4.69) is 0 Å². The largest absolute Gasteiger partial charge is 0.507 e. The Morgan fingerprint density at radius 2 is 1.84 bits per heavy atom. The van der Waals surface area contributed by atoms with Gasteiger partial charge in [-0.2, -0.15) is 10.5 Å². The third-order valence-electron chi connectivity index (χ3n) is 2.51. The Hall–Kier alpha value is -2.31. The van der Waals surface area contributed by atoms with E-state index < -0.39 is 20.5 Å². The number of benzene rings is 1. The van der Waals surface area contributed by atoms with Crippen molar-refractivity contribution in [3.8, 4) is 17.9 Å². The maximum absolute atomic E-state index is 11.6. The van der Waals surface area contributed by atoms with Gasteiger partial charge in [0.15, 0.2) is 0 Å². The summed E-state index contributed by atoms with van der Waals surface area (Å²) in [4.78, 5) is -0.460. The second-order valence-electron chi connectivity index (χ2n) is 4.04. The normalized spacial score (nSPS) is 11.7. The molecule has 0 aliphatic carbocycles. The highest BCUT2D eigenvalue weighted by Gasteiger charge is 2.17. The molecule has 0 unspecified atom stereocenters. The van der Waals surface area contributed by atoms with Gasteiger partial charge in [0.25, 0.3) is 0 Å². The smallest absolute Gasteiger partial charge is 0.201 e. The number of phenolic OH excluding ortho intramolecular Hbond substituents is 1. The van der Waals surface area contributed by atoms with Crippen molar-refractivity contribution in [3.63, 3.8) is 0 Å². The zero-order valence-electron chi connectivity index (χ0n) is 10.5. The fourth-order valence-electron chi connectivity index (χ4n) is 1.58. The summed E-state index contributed by atoms with van der Waals surface area (Å²) < 4.78 is 23.3. The van der Waals surface area contributed by atoms with E-state index in [0.717, 1.165) is 0 Å². The van der Waals surface area contributed by atoms with Crippen LogP contribution >= 0.6 is 0 Å². The molecule has 5 nitrogen and oxygen atoms in total. The molecule has 0 saturated heterocycles. The van der Waals surface area contributed by atoms with Crippen LogP contribution in [-0.2, 0) is 9.84 Å². The molecule has 6 heteroatoms. The Bertz CT molecular complexity index is 696. The molecule has 0 saturated carbocycles. The SMILES string of the molecule is Cc1cc(C=C(C#N)S(=O)(=O)CC#N)cc(C)c1O. The molecule has 1 aromatic rings. The lowest BCUT2D eigenvalue weighted by atomic mass is 10.1. The van der Waals surface area contributed by atoms with Crippen LogP contribution in [0.3, 0.4) is 0 Å². The molecule has 0 atom stereocenters. The number of hydrogen-bond donors (Lipinski definition) is 1. The van der Waals surface area contributed by atoms with Crippen molar-refractivity contribution in [3.05, 3.63) is 33.7 Å². The fourth-order valence-corrected chi connectivity index (χ4v) is 2.36. The summed E-state index contributed by atoms with van der Waals surface area (Å²) in [6.07, 6.45) is 1.20. The maximum atomic E-state index is 11.6. The van der Waals surface area contributed by atoms with Gasteiger partial charge in [-0.1, -0.05) is 0 Å². The van der Waals surface area contributed by atoms with Gasteiger partial charge < -0.3 is 5.11 Å². The number of sulfone groups is 1. The molecule has 1 rings (SSSR count). The van der Waals surface area contributed by atoms with Crippen molar-refractivity contribution in [1.29, 1.82) is 10.5 Å². The number of phenols is 1. The van der Waals surface area contributed by atoms with E-state index >= 15 is 0 Å². The first-order chi connectivity index (χ1) is 8.81. The third kappa shape index (κ3) is 3.34. The number of aryl methyl sites for hydroxylation is 2. The second kappa shape index (κ2) is 5.55. The van der Waals surface area contributed by atoms with Gasteiger partial charge in [0.1, 0.15) is 22.5 Å². The lowest BCUT2D eigenvalue weighted by molar-refractivity contribution is 0.467. The van der Waals surface area contributed by atoms with Crippen LogP contribution in [0, 0.1) is 36.5 Å². The summed E-state index contributed by atoms with van der Waals surface area (Å²) in [5.41, 5.74) is 1.66. The minimum absolute atomic E-state index is 0.135. The van der Waals surface area contributed by atoms with Gasteiger partial charge in [0.2, 0.25) is 9.84 Å². The number of allylic oxidation sites excluding steroid dienone is 1. The Balaban J connectivity index is 3.37. The summed E-state index contributed by atoms with van der Waals surface area (Å²) in [6.45, 7) is 3.35. The van der Waals surface area contributed by atoms with E-state index in [1.165, 1.54) is 12.1 Å². The van der Waals surface area contributed by atoms with Crippen LogP contribution in [0.4, 0.5) is 0 Å². The number of aromatic hydroxyl groups is 1. The van der Waals surface area contributed by atoms with Crippen LogP contribution in [0.5, 0.6) is 5.75 Å². The molecule has 0 aliphatic heterocycles. The van der Waals surface area contributed by atoms with Crippen LogP contribution in [0.25, 0.3) is 6.08 Å². The fraction of sp³-hybridized carbons (Fsp3) is 0.231. The molecule has 1 N–H and O–H groups in total. The molecule has 0 heterocycles. The molecule has 1 aromatic carbocycles. The lowest BCUT2D eigenvalue weighted by Crippen LogP contribution is -2.06. The number of nitrogens with zero attached hydrogens (tertiary/aromatic N) is 2. The van der Waals surface area contributed by atoms with Crippen molar-refractivity contribution < 1.29 is 13.5 Å². The zero-order valence-corrected chi connectivity index (χ0v) is 11.3. The Kier molecular flexibility index (Phi) is 4.31. The Labute approximate surface area is 112 Å². The molecular formula is C13H12N2O3S. The van der Waals surface area contributed by atoms with E-state index in [4.69, 9.17) is 10.5 Å². The van der Waals surface area contributed by atoms with Crippen molar-refractivity contribution in [2.45, 2.75) is 13.8 Å². The van der Waals surface area contributed by atoms with Gasteiger partial charge in [0, 0.05) is 0 Å². The highest BCUT2D eigenvalue weighted by Crippen LogP contribution is 2.24. The van der Waals surface area contributed by atoms with E-state index in [9.17, 15) is 13.5 Å². The number of nitriles is 2. The van der Waals surface area contributed by atoms with Crippen molar-refractivity contribution in [1.82, 2.24) is 0 Å². The van der Waals surface area contributed by atoms with Gasteiger partial charge in [-0.05, 0) is 48.7 Å². The first-order valence-corrected chi connectivity index (χ1v) is 6.98. The second-order valence-corrected chi connectivity index (χ2v) is 6.00. The van der Waals surface area contributed by atoms with Crippen molar-refractivity contribution in [2.24, 2.45) is 0 Å². The topological polar surface area (TPSA) is 102 Å². The highest BCUT2D eigenvalue weighted by atomic mass is 32.2.